The van der Waals surface area contributed by atoms with E-state index in [4.69, 9.17) is 9.26 Å². The Bertz CT molecular complexity index is 922. The lowest BCUT2D eigenvalue weighted by molar-refractivity contribution is -0.138. The second-order valence-electron chi connectivity index (χ2n) is 7.45. The van der Waals surface area contributed by atoms with Crippen molar-refractivity contribution in [3.8, 4) is 11.4 Å². The highest BCUT2D eigenvalue weighted by Crippen LogP contribution is 2.17. The molecule has 158 valence electrons. The molecule has 3 aromatic rings. The number of aromatic nitrogens is 2. The smallest absolute Gasteiger partial charge is 0.248 e. The van der Waals surface area contributed by atoms with Crippen LogP contribution in [0.4, 0.5) is 0 Å². The van der Waals surface area contributed by atoms with Crippen LogP contribution in [-0.2, 0) is 22.6 Å². The molecule has 0 fully saturated rings. The van der Waals surface area contributed by atoms with E-state index in [1.54, 1.807) is 0 Å². The highest BCUT2D eigenvalue weighted by Gasteiger charge is 2.20. The van der Waals surface area contributed by atoms with Gasteiger partial charge in [0, 0.05) is 24.6 Å². The summed E-state index contributed by atoms with van der Waals surface area (Å²) in [5.41, 5.74) is 3.15. The molecule has 1 heterocycles. The lowest BCUT2D eigenvalue weighted by Gasteiger charge is -2.28. The summed E-state index contributed by atoms with van der Waals surface area (Å²) in [7, 11) is 0. The van der Waals surface area contributed by atoms with Crippen molar-refractivity contribution < 1.29 is 14.1 Å². The standard InChI is InChI=1S/C24H29N3O3/c1-4-19(3)27(23(28)17-29-16-20-8-6-5-7-9-20)15-14-22-25-24(26-30-22)21-12-10-18(2)11-13-21/h5-13,19H,4,14-17H2,1-3H3. The third kappa shape index (κ3) is 6.00. The predicted molar refractivity (Wildman–Crippen MR) is 116 cm³/mol. The molecule has 0 aliphatic heterocycles. The lowest BCUT2D eigenvalue weighted by Crippen LogP contribution is -2.41. The first kappa shape index (κ1) is 21.7. The number of carbonyl (C=O) groups excluding carboxylic acids is 1. The van der Waals surface area contributed by atoms with Gasteiger partial charge in [0.15, 0.2) is 0 Å². The average Bonchev–Trinajstić information content (AvgIpc) is 3.24. The zero-order valence-corrected chi connectivity index (χ0v) is 17.9. The SMILES string of the molecule is CCC(C)N(CCc1nc(-c2ccc(C)cc2)no1)C(=O)COCc1ccccc1. The quantitative estimate of drug-likeness (QED) is 0.497. The minimum Gasteiger partial charge on any atom is -0.367 e. The monoisotopic (exact) mass is 407 g/mol. The van der Waals surface area contributed by atoms with Crippen LogP contribution >= 0.6 is 0 Å². The van der Waals surface area contributed by atoms with Crippen molar-refractivity contribution >= 4 is 5.91 Å². The van der Waals surface area contributed by atoms with Crippen molar-refractivity contribution in [2.24, 2.45) is 0 Å². The van der Waals surface area contributed by atoms with Crippen LogP contribution in [0.5, 0.6) is 0 Å². The van der Waals surface area contributed by atoms with Crippen LogP contribution in [0.2, 0.25) is 0 Å². The highest BCUT2D eigenvalue weighted by atomic mass is 16.5. The fraction of sp³-hybridized carbons (Fsp3) is 0.375. The summed E-state index contributed by atoms with van der Waals surface area (Å²) in [5, 5.41) is 4.07. The van der Waals surface area contributed by atoms with E-state index < -0.39 is 0 Å². The molecule has 0 N–H and O–H groups in total. The molecular formula is C24H29N3O3. The van der Waals surface area contributed by atoms with Crippen molar-refractivity contribution in [2.75, 3.05) is 13.2 Å². The van der Waals surface area contributed by atoms with Crippen LogP contribution in [-0.4, -0.2) is 40.1 Å². The molecule has 1 atom stereocenters. The number of rotatable bonds is 10. The number of hydrogen-bond donors (Lipinski definition) is 0. The molecule has 2 aromatic carbocycles. The molecular weight excluding hydrogens is 378 g/mol. The molecule has 30 heavy (non-hydrogen) atoms. The Hall–Kier alpha value is -2.99. The maximum Gasteiger partial charge on any atom is 0.248 e. The van der Waals surface area contributed by atoms with E-state index in [1.807, 2.05) is 73.3 Å². The predicted octanol–water partition coefficient (Wildman–Crippen LogP) is 4.43. The fourth-order valence-corrected chi connectivity index (χ4v) is 3.12. The maximum absolute atomic E-state index is 12.7. The third-order valence-electron chi connectivity index (χ3n) is 5.12. The highest BCUT2D eigenvalue weighted by molar-refractivity contribution is 5.77. The van der Waals surface area contributed by atoms with E-state index >= 15 is 0 Å². The fourth-order valence-electron chi connectivity index (χ4n) is 3.12. The van der Waals surface area contributed by atoms with Crippen molar-refractivity contribution in [2.45, 2.75) is 46.3 Å². The van der Waals surface area contributed by atoms with Crippen molar-refractivity contribution in [1.82, 2.24) is 15.0 Å². The molecule has 6 nitrogen and oxygen atoms in total. The Morgan fingerprint density at radius 1 is 1.13 bits per heavy atom. The molecule has 0 spiro atoms. The van der Waals surface area contributed by atoms with Crippen molar-refractivity contribution in [3.63, 3.8) is 0 Å². The minimum atomic E-state index is -0.0291. The molecule has 1 unspecified atom stereocenters. The van der Waals surface area contributed by atoms with Gasteiger partial charge in [0.05, 0.1) is 6.61 Å². The van der Waals surface area contributed by atoms with E-state index in [2.05, 4.69) is 17.1 Å². The van der Waals surface area contributed by atoms with Gasteiger partial charge in [0.25, 0.3) is 0 Å². The summed E-state index contributed by atoms with van der Waals surface area (Å²) in [6.07, 6.45) is 1.37. The third-order valence-corrected chi connectivity index (χ3v) is 5.12. The van der Waals surface area contributed by atoms with Crippen LogP contribution in [0.25, 0.3) is 11.4 Å². The van der Waals surface area contributed by atoms with Gasteiger partial charge in [0.1, 0.15) is 6.61 Å². The molecule has 1 amide bonds. The number of nitrogens with zero attached hydrogens (tertiary/aromatic N) is 3. The molecule has 0 radical (unpaired) electrons. The van der Waals surface area contributed by atoms with E-state index in [9.17, 15) is 4.79 Å². The zero-order chi connectivity index (χ0) is 21.3. The van der Waals surface area contributed by atoms with Crippen molar-refractivity contribution in [3.05, 3.63) is 71.6 Å². The largest absolute Gasteiger partial charge is 0.367 e. The molecule has 0 saturated carbocycles. The first-order valence-corrected chi connectivity index (χ1v) is 10.4. The van der Waals surface area contributed by atoms with E-state index in [0.717, 1.165) is 17.5 Å². The Balaban J connectivity index is 1.55. The molecule has 0 saturated heterocycles. The number of amides is 1. The Morgan fingerprint density at radius 3 is 2.57 bits per heavy atom. The number of carbonyl (C=O) groups is 1. The van der Waals surface area contributed by atoms with Crippen LogP contribution in [0.15, 0.2) is 59.1 Å². The topological polar surface area (TPSA) is 68.5 Å². The van der Waals surface area contributed by atoms with Crippen LogP contribution in [0.3, 0.4) is 0 Å². The minimum absolute atomic E-state index is 0.0291. The van der Waals surface area contributed by atoms with E-state index in [1.165, 1.54) is 5.56 Å². The molecule has 0 bridgehead atoms. The van der Waals surface area contributed by atoms with Gasteiger partial charge in [-0.3, -0.25) is 4.79 Å². The summed E-state index contributed by atoms with van der Waals surface area (Å²) in [6, 6.07) is 17.9. The van der Waals surface area contributed by atoms with Crippen LogP contribution in [0.1, 0.15) is 37.3 Å². The van der Waals surface area contributed by atoms with Gasteiger partial charge < -0.3 is 14.2 Å². The van der Waals surface area contributed by atoms with E-state index in [-0.39, 0.29) is 18.6 Å². The summed E-state index contributed by atoms with van der Waals surface area (Å²) < 4.78 is 11.0. The molecule has 6 heteroatoms. The zero-order valence-electron chi connectivity index (χ0n) is 17.9. The Kier molecular flexibility index (Phi) is 7.74. The second kappa shape index (κ2) is 10.7. The summed E-state index contributed by atoms with van der Waals surface area (Å²) in [6.45, 7) is 7.13. The molecule has 0 aliphatic rings. The Morgan fingerprint density at radius 2 is 1.87 bits per heavy atom. The Labute approximate surface area is 177 Å². The number of benzene rings is 2. The van der Waals surface area contributed by atoms with Gasteiger partial charge >= 0.3 is 0 Å². The average molecular weight is 408 g/mol. The first-order chi connectivity index (χ1) is 14.6. The lowest BCUT2D eigenvalue weighted by atomic mass is 10.1. The molecule has 1 aromatic heterocycles. The van der Waals surface area contributed by atoms with Crippen LogP contribution in [0, 0.1) is 6.92 Å². The summed E-state index contributed by atoms with van der Waals surface area (Å²) >= 11 is 0. The van der Waals surface area contributed by atoms with E-state index in [0.29, 0.717) is 31.3 Å². The number of ether oxygens (including phenoxy) is 1. The van der Waals surface area contributed by atoms with Gasteiger partial charge in [-0.25, -0.2) is 0 Å². The summed E-state index contributed by atoms with van der Waals surface area (Å²) in [4.78, 5) is 19.1. The van der Waals surface area contributed by atoms with Gasteiger partial charge in [-0.05, 0) is 25.8 Å². The molecule has 3 rings (SSSR count). The number of aryl methyl sites for hydroxylation is 1. The van der Waals surface area contributed by atoms with Gasteiger partial charge in [0.2, 0.25) is 17.6 Å². The van der Waals surface area contributed by atoms with Gasteiger partial charge in [-0.2, -0.15) is 4.98 Å². The first-order valence-electron chi connectivity index (χ1n) is 10.4. The van der Waals surface area contributed by atoms with Gasteiger partial charge in [-0.15, -0.1) is 0 Å². The maximum atomic E-state index is 12.7. The molecule has 0 aliphatic carbocycles. The van der Waals surface area contributed by atoms with Crippen LogP contribution < -0.4 is 0 Å². The van der Waals surface area contributed by atoms with Crippen molar-refractivity contribution in [1.29, 1.82) is 0 Å². The number of hydrogen-bond acceptors (Lipinski definition) is 5. The second-order valence-corrected chi connectivity index (χ2v) is 7.45. The normalized spacial score (nSPS) is 12.0. The summed E-state index contributed by atoms with van der Waals surface area (Å²) in [5.74, 6) is 1.06. The van der Waals surface area contributed by atoms with Gasteiger partial charge in [-0.1, -0.05) is 72.2 Å².